The third kappa shape index (κ3) is 1.84. The third-order valence-electron chi connectivity index (χ3n) is 2.60. The van der Waals surface area contributed by atoms with Crippen molar-refractivity contribution in [2.24, 2.45) is 0 Å². The van der Waals surface area contributed by atoms with Crippen LogP contribution in [0.5, 0.6) is 0 Å². The molecular weight excluding hydrogens is 252 g/mol. The Bertz CT molecular complexity index is 483. The first-order valence-electron chi connectivity index (χ1n) is 4.88. The number of aromatic nitrogens is 2. The summed E-state index contributed by atoms with van der Waals surface area (Å²) in [5.41, 5.74) is 3.46. The quantitative estimate of drug-likeness (QED) is 0.770. The third-order valence-corrected chi connectivity index (χ3v) is 3.13. The maximum Gasteiger partial charge on any atom is 0.110 e. The van der Waals surface area contributed by atoms with Crippen LogP contribution in [0.2, 0.25) is 0 Å². The van der Waals surface area contributed by atoms with Gasteiger partial charge in [0.15, 0.2) is 0 Å². The van der Waals surface area contributed by atoms with E-state index >= 15 is 0 Å². The molecule has 78 valence electrons. The van der Waals surface area contributed by atoms with Gasteiger partial charge >= 0.3 is 0 Å². The second-order valence-corrected chi connectivity index (χ2v) is 4.56. The highest BCUT2D eigenvalue weighted by molar-refractivity contribution is 9.10. The number of benzene rings is 1. The molecule has 15 heavy (non-hydrogen) atoms. The average Bonchev–Trinajstić information content (AvgIpc) is 2.44. The van der Waals surface area contributed by atoms with Gasteiger partial charge in [0.05, 0.1) is 5.69 Å². The molecule has 0 aliphatic carbocycles. The van der Waals surface area contributed by atoms with Crippen LogP contribution in [-0.4, -0.2) is 9.55 Å². The lowest BCUT2D eigenvalue weighted by Gasteiger charge is -2.07. The molecule has 0 atom stereocenters. The molecule has 0 unspecified atom stereocenters. The molecule has 0 spiro atoms. The van der Waals surface area contributed by atoms with Crippen molar-refractivity contribution in [3.63, 3.8) is 0 Å². The van der Waals surface area contributed by atoms with Gasteiger partial charge in [0, 0.05) is 15.9 Å². The highest BCUT2D eigenvalue weighted by atomic mass is 79.9. The van der Waals surface area contributed by atoms with Crippen LogP contribution in [-0.2, 0) is 0 Å². The number of imidazole rings is 1. The Labute approximate surface area is 98.1 Å². The van der Waals surface area contributed by atoms with Crippen molar-refractivity contribution in [2.45, 2.75) is 20.8 Å². The summed E-state index contributed by atoms with van der Waals surface area (Å²) < 4.78 is 3.26. The van der Waals surface area contributed by atoms with Crippen molar-refractivity contribution >= 4 is 15.9 Å². The van der Waals surface area contributed by atoms with Crippen molar-refractivity contribution < 1.29 is 0 Å². The molecule has 2 nitrogen and oxygen atoms in total. The standard InChI is InChI=1S/C12H13BrN2/c1-8-9(2)15(10(3)14-8)12-6-4-11(13)5-7-12/h4-7H,1-3H3. The predicted octanol–water partition coefficient (Wildman–Crippen LogP) is 3.56. The summed E-state index contributed by atoms with van der Waals surface area (Å²) in [5, 5.41) is 0. The normalized spacial score (nSPS) is 10.7. The first kappa shape index (κ1) is 10.4. The van der Waals surface area contributed by atoms with Gasteiger partial charge in [-0.1, -0.05) is 15.9 Å². The highest BCUT2D eigenvalue weighted by Crippen LogP contribution is 2.19. The SMILES string of the molecule is Cc1nc(C)n(-c2ccc(Br)cc2)c1C. The molecule has 0 fully saturated rings. The van der Waals surface area contributed by atoms with Crippen molar-refractivity contribution in [3.8, 4) is 5.69 Å². The van der Waals surface area contributed by atoms with E-state index in [4.69, 9.17) is 0 Å². The van der Waals surface area contributed by atoms with Crippen LogP contribution >= 0.6 is 15.9 Å². The van der Waals surface area contributed by atoms with Crippen LogP contribution in [0.25, 0.3) is 5.69 Å². The molecule has 0 saturated heterocycles. The Balaban J connectivity index is 2.58. The van der Waals surface area contributed by atoms with Crippen LogP contribution in [0.1, 0.15) is 17.2 Å². The molecule has 1 aromatic heterocycles. The van der Waals surface area contributed by atoms with E-state index in [0.29, 0.717) is 0 Å². The van der Waals surface area contributed by atoms with E-state index in [1.807, 2.05) is 26.0 Å². The van der Waals surface area contributed by atoms with E-state index in [9.17, 15) is 0 Å². The van der Waals surface area contributed by atoms with Gasteiger partial charge in [-0.3, -0.25) is 0 Å². The maximum atomic E-state index is 4.46. The Hall–Kier alpha value is -1.09. The van der Waals surface area contributed by atoms with Crippen LogP contribution in [0, 0.1) is 20.8 Å². The molecule has 2 rings (SSSR count). The van der Waals surface area contributed by atoms with Crippen LogP contribution in [0.15, 0.2) is 28.7 Å². The van der Waals surface area contributed by atoms with Gasteiger partial charge in [0.1, 0.15) is 5.82 Å². The maximum absolute atomic E-state index is 4.46. The first-order chi connectivity index (χ1) is 7.09. The number of rotatable bonds is 1. The zero-order chi connectivity index (χ0) is 11.0. The van der Waals surface area contributed by atoms with Crippen molar-refractivity contribution in [1.29, 1.82) is 0 Å². The summed E-state index contributed by atoms with van der Waals surface area (Å²) in [4.78, 5) is 4.46. The molecule has 0 bridgehead atoms. The second-order valence-electron chi connectivity index (χ2n) is 3.64. The number of aryl methyl sites for hydroxylation is 2. The summed E-state index contributed by atoms with van der Waals surface area (Å²) in [6.07, 6.45) is 0. The smallest absolute Gasteiger partial charge is 0.110 e. The van der Waals surface area contributed by atoms with Crippen LogP contribution < -0.4 is 0 Å². The fourth-order valence-corrected chi connectivity index (χ4v) is 2.01. The van der Waals surface area contributed by atoms with E-state index in [1.165, 1.54) is 5.69 Å². The van der Waals surface area contributed by atoms with E-state index in [-0.39, 0.29) is 0 Å². The van der Waals surface area contributed by atoms with E-state index in [1.54, 1.807) is 0 Å². The molecule has 2 aromatic rings. The monoisotopic (exact) mass is 264 g/mol. The van der Waals surface area contributed by atoms with Gasteiger partial charge in [0.2, 0.25) is 0 Å². The Morgan fingerprint density at radius 1 is 1.07 bits per heavy atom. The minimum Gasteiger partial charge on any atom is -0.301 e. The van der Waals surface area contributed by atoms with E-state index < -0.39 is 0 Å². The lowest BCUT2D eigenvalue weighted by atomic mass is 10.3. The predicted molar refractivity (Wildman–Crippen MR) is 65.5 cm³/mol. The fourth-order valence-electron chi connectivity index (χ4n) is 1.75. The number of nitrogens with zero attached hydrogens (tertiary/aromatic N) is 2. The van der Waals surface area contributed by atoms with Gasteiger partial charge in [-0.25, -0.2) is 4.98 Å². The Morgan fingerprint density at radius 3 is 2.13 bits per heavy atom. The summed E-state index contributed by atoms with van der Waals surface area (Å²) >= 11 is 3.44. The van der Waals surface area contributed by atoms with Crippen LogP contribution in [0.4, 0.5) is 0 Å². The molecule has 0 radical (unpaired) electrons. The molecule has 3 heteroatoms. The van der Waals surface area contributed by atoms with Gasteiger partial charge < -0.3 is 4.57 Å². The fraction of sp³-hybridized carbons (Fsp3) is 0.250. The van der Waals surface area contributed by atoms with Crippen molar-refractivity contribution in [3.05, 3.63) is 46.0 Å². The topological polar surface area (TPSA) is 17.8 Å². The van der Waals surface area contributed by atoms with E-state index in [2.05, 4.69) is 44.5 Å². The van der Waals surface area contributed by atoms with Gasteiger partial charge in [-0.2, -0.15) is 0 Å². The number of hydrogen-bond donors (Lipinski definition) is 0. The van der Waals surface area contributed by atoms with E-state index in [0.717, 1.165) is 21.7 Å². The van der Waals surface area contributed by atoms with Gasteiger partial charge in [-0.05, 0) is 45.0 Å². The summed E-state index contributed by atoms with van der Waals surface area (Å²) in [7, 11) is 0. The van der Waals surface area contributed by atoms with Crippen LogP contribution in [0.3, 0.4) is 0 Å². The van der Waals surface area contributed by atoms with Crippen molar-refractivity contribution in [1.82, 2.24) is 9.55 Å². The summed E-state index contributed by atoms with van der Waals surface area (Å²) in [5.74, 6) is 1.03. The zero-order valence-electron chi connectivity index (χ0n) is 9.08. The molecule has 1 heterocycles. The molecule has 1 aromatic carbocycles. The molecule has 0 aliphatic heterocycles. The highest BCUT2D eigenvalue weighted by Gasteiger charge is 2.08. The Morgan fingerprint density at radius 2 is 1.67 bits per heavy atom. The second kappa shape index (κ2) is 3.81. The van der Waals surface area contributed by atoms with Crippen molar-refractivity contribution in [2.75, 3.05) is 0 Å². The lowest BCUT2D eigenvalue weighted by Crippen LogP contribution is -1.98. The summed E-state index contributed by atoms with van der Waals surface area (Å²) in [6, 6.07) is 8.27. The minimum atomic E-state index is 1.03. The van der Waals surface area contributed by atoms with Gasteiger partial charge in [0.25, 0.3) is 0 Å². The van der Waals surface area contributed by atoms with Gasteiger partial charge in [-0.15, -0.1) is 0 Å². The molecule has 0 aliphatic rings. The summed E-state index contributed by atoms with van der Waals surface area (Å²) in [6.45, 7) is 6.16. The number of halogens is 1. The lowest BCUT2D eigenvalue weighted by molar-refractivity contribution is 0.940. The minimum absolute atomic E-state index is 1.03. The zero-order valence-corrected chi connectivity index (χ0v) is 10.7. The largest absolute Gasteiger partial charge is 0.301 e. The molecule has 0 amide bonds. The molecule has 0 saturated carbocycles. The number of hydrogen-bond acceptors (Lipinski definition) is 1. The molecule has 0 N–H and O–H groups in total. The average molecular weight is 265 g/mol. The Kier molecular flexibility index (Phi) is 2.65. The first-order valence-corrected chi connectivity index (χ1v) is 5.67. The molecular formula is C12H13BrN2.